The van der Waals surface area contributed by atoms with Gasteiger partial charge in [-0.25, -0.2) is 0 Å². The first-order chi connectivity index (χ1) is 10.8. The Hall–Kier alpha value is -0.200. The molecule has 2 heterocycles. The van der Waals surface area contributed by atoms with Gasteiger partial charge >= 0.3 is 0 Å². The van der Waals surface area contributed by atoms with Crippen molar-refractivity contribution in [2.24, 2.45) is 23.7 Å². The van der Waals surface area contributed by atoms with E-state index in [1.165, 1.54) is 0 Å². The maximum Gasteiger partial charge on any atom is 0.161 e. The molecule has 10 atom stereocenters. The molecule has 2 aliphatic heterocycles. The van der Waals surface area contributed by atoms with Crippen LogP contribution in [-0.4, -0.2) is 51.2 Å². The third kappa shape index (κ3) is 3.74. The molecule has 0 aliphatic carbocycles. The van der Waals surface area contributed by atoms with Crippen LogP contribution in [0.3, 0.4) is 0 Å². The van der Waals surface area contributed by atoms with Gasteiger partial charge in [-0.1, -0.05) is 27.7 Å². The summed E-state index contributed by atoms with van der Waals surface area (Å²) in [5.41, 5.74) is 0. The van der Waals surface area contributed by atoms with Gasteiger partial charge in [0.15, 0.2) is 12.6 Å². The second-order valence-electron chi connectivity index (χ2n) is 7.39. The second-order valence-corrected chi connectivity index (χ2v) is 7.39. The summed E-state index contributed by atoms with van der Waals surface area (Å²) in [5, 5.41) is 0. The van der Waals surface area contributed by atoms with Crippen molar-refractivity contribution in [1.82, 2.24) is 0 Å². The zero-order valence-electron chi connectivity index (χ0n) is 15.8. The standard InChI is InChI=1S/C18H34O5/c1-9-12(4)18(22-13(5)15(9)19-7)23-16-10(2)11(3)17(20-8)21-14(16)6/h9-18H,1-8H3/t9?,10?,11?,12-,13?,14-,15-,16-,17+,18-/m0/s1. The molecule has 23 heavy (non-hydrogen) atoms. The molecule has 0 aromatic heterocycles. The Balaban J connectivity index is 2.06. The van der Waals surface area contributed by atoms with Gasteiger partial charge in [0.05, 0.1) is 24.4 Å². The number of hydrogen-bond acceptors (Lipinski definition) is 5. The predicted octanol–water partition coefficient (Wildman–Crippen LogP) is 3.07. The van der Waals surface area contributed by atoms with Gasteiger partial charge in [0, 0.05) is 26.1 Å². The highest BCUT2D eigenvalue weighted by Crippen LogP contribution is 2.38. The average molecular weight is 330 g/mol. The summed E-state index contributed by atoms with van der Waals surface area (Å²) in [4.78, 5) is 0. The summed E-state index contributed by atoms with van der Waals surface area (Å²) >= 11 is 0. The minimum atomic E-state index is -0.226. The molecule has 0 spiro atoms. The summed E-state index contributed by atoms with van der Waals surface area (Å²) in [7, 11) is 3.45. The van der Waals surface area contributed by atoms with Crippen molar-refractivity contribution in [3.63, 3.8) is 0 Å². The van der Waals surface area contributed by atoms with E-state index in [0.717, 1.165) is 0 Å². The molecule has 0 aromatic rings. The van der Waals surface area contributed by atoms with Crippen molar-refractivity contribution in [3.05, 3.63) is 0 Å². The lowest BCUT2D eigenvalue weighted by Crippen LogP contribution is -2.55. The molecule has 2 aliphatic rings. The Morgan fingerprint density at radius 2 is 1.04 bits per heavy atom. The topological polar surface area (TPSA) is 46.2 Å². The van der Waals surface area contributed by atoms with Crippen molar-refractivity contribution in [3.8, 4) is 0 Å². The first-order valence-electron chi connectivity index (χ1n) is 8.83. The maximum atomic E-state index is 6.41. The highest BCUT2D eigenvalue weighted by molar-refractivity contribution is 4.88. The normalized spacial score (nSPS) is 51.7. The quantitative estimate of drug-likeness (QED) is 0.793. The lowest BCUT2D eigenvalue weighted by Gasteiger charge is -2.48. The highest BCUT2D eigenvalue weighted by Gasteiger charge is 2.45. The summed E-state index contributed by atoms with van der Waals surface area (Å²) in [6.45, 7) is 12.9. The second kappa shape index (κ2) is 7.79. The summed E-state index contributed by atoms with van der Waals surface area (Å²) in [6.07, 6.45) is -0.277. The van der Waals surface area contributed by atoms with Crippen LogP contribution in [0, 0.1) is 23.7 Å². The molecule has 4 unspecified atom stereocenters. The number of hydrogen-bond donors (Lipinski definition) is 0. The molecule has 2 saturated heterocycles. The fourth-order valence-electron chi connectivity index (χ4n) is 4.00. The van der Waals surface area contributed by atoms with Crippen LogP contribution >= 0.6 is 0 Å². The van der Waals surface area contributed by atoms with E-state index < -0.39 is 0 Å². The third-order valence-electron chi connectivity index (χ3n) is 5.97. The van der Waals surface area contributed by atoms with E-state index in [-0.39, 0.29) is 48.8 Å². The summed E-state index contributed by atoms with van der Waals surface area (Å²) < 4.78 is 29.5. The van der Waals surface area contributed by atoms with Gasteiger partial charge in [-0.15, -0.1) is 0 Å². The molecule has 2 rings (SSSR count). The molecular formula is C18H34O5. The molecule has 136 valence electrons. The molecule has 0 radical (unpaired) electrons. The molecule has 5 nitrogen and oxygen atoms in total. The molecule has 0 bridgehead atoms. The predicted molar refractivity (Wildman–Crippen MR) is 88.0 cm³/mol. The van der Waals surface area contributed by atoms with Gasteiger partial charge in [-0.3, -0.25) is 0 Å². The van der Waals surface area contributed by atoms with Gasteiger partial charge < -0.3 is 23.7 Å². The first-order valence-corrected chi connectivity index (χ1v) is 8.83. The Labute approximate surface area is 140 Å². The smallest absolute Gasteiger partial charge is 0.161 e. The van der Waals surface area contributed by atoms with E-state index in [1.807, 2.05) is 0 Å². The zero-order chi connectivity index (χ0) is 17.3. The maximum absolute atomic E-state index is 6.41. The van der Waals surface area contributed by atoms with Gasteiger partial charge in [-0.05, 0) is 25.7 Å². The minimum absolute atomic E-state index is 0.00217. The van der Waals surface area contributed by atoms with E-state index >= 15 is 0 Å². The van der Waals surface area contributed by atoms with Crippen LogP contribution in [0.5, 0.6) is 0 Å². The lowest BCUT2D eigenvalue weighted by molar-refractivity contribution is -0.322. The molecule has 2 fully saturated rings. The Morgan fingerprint density at radius 1 is 0.565 bits per heavy atom. The van der Waals surface area contributed by atoms with Crippen LogP contribution in [-0.2, 0) is 23.7 Å². The van der Waals surface area contributed by atoms with Crippen LogP contribution in [0.15, 0.2) is 0 Å². The van der Waals surface area contributed by atoms with Crippen LogP contribution in [0.25, 0.3) is 0 Å². The minimum Gasteiger partial charge on any atom is -0.378 e. The highest BCUT2D eigenvalue weighted by atomic mass is 16.7. The molecule has 0 saturated carbocycles. The van der Waals surface area contributed by atoms with E-state index in [9.17, 15) is 0 Å². The van der Waals surface area contributed by atoms with Crippen molar-refractivity contribution in [2.45, 2.75) is 78.5 Å². The van der Waals surface area contributed by atoms with Crippen LogP contribution in [0.1, 0.15) is 41.5 Å². The molecule has 5 heteroatoms. The van der Waals surface area contributed by atoms with E-state index in [0.29, 0.717) is 11.8 Å². The Morgan fingerprint density at radius 3 is 1.61 bits per heavy atom. The molecule has 0 aromatic carbocycles. The van der Waals surface area contributed by atoms with Crippen LogP contribution < -0.4 is 0 Å². The van der Waals surface area contributed by atoms with Crippen molar-refractivity contribution in [2.75, 3.05) is 14.2 Å². The number of methoxy groups -OCH3 is 2. The van der Waals surface area contributed by atoms with E-state index in [2.05, 4.69) is 41.5 Å². The first kappa shape index (κ1) is 19.1. The van der Waals surface area contributed by atoms with Gasteiger partial charge in [0.2, 0.25) is 0 Å². The Bertz CT molecular complexity index is 376. The van der Waals surface area contributed by atoms with Crippen LogP contribution in [0.4, 0.5) is 0 Å². The van der Waals surface area contributed by atoms with E-state index in [1.54, 1.807) is 14.2 Å². The third-order valence-corrected chi connectivity index (χ3v) is 5.97. The molecule has 0 amide bonds. The zero-order valence-corrected chi connectivity index (χ0v) is 15.8. The number of rotatable bonds is 4. The SMILES string of the molecule is CO[C@@H]1O[C@@H](C)[C@@H](O[C@@H]2OC(C)[C@@H](OC)C(C)[C@@H]2C)C(C)C1C. The monoisotopic (exact) mass is 330 g/mol. The molecule has 0 N–H and O–H groups in total. The average Bonchev–Trinajstić information content (AvgIpc) is 2.52. The Kier molecular flexibility index (Phi) is 6.48. The number of ether oxygens (including phenoxy) is 5. The van der Waals surface area contributed by atoms with E-state index in [4.69, 9.17) is 23.7 Å². The van der Waals surface area contributed by atoms with Gasteiger partial charge in [-0.2, -0.15) is 0 Å². The largest absolute Gasteiger partial charge is 0.378 e. The van der Waals surface area contributed by atoms with Crippen molar-refractivity contribution in [1.29, 1.82) is 0 Å². The van der Waals surface area contributed by atoms with Gasteiger partial charge in [0.1, 0.15) is 0 Å². The summed E-state index contributed by atoms with van der Waals surface area (Å²) in [5.74, 6) is 1.27. The van der Waals surface area contributed by atoms with Crippen molar-refractivity contribution >= 4 is 0 Å². The fraction of sp³-hybridized carbons (Fsp3) is 1.00. The van der Waals surface area contributed by atoms with Crippen LogP contribution in [0.2, 0.25) is 0 Å². The summed E-state index contributed by atoms with van der Waals surface area (Å²) in [6, 6.07) is 0. The lowest BCUT2D eigenvalue weighted by atomic mass is 9.83. The molecular weight excluding hydrogens is 296 g/mol. The van der Waals surface area contributed by atoms with Crippen molar-refractivity contribution < 1.29 is 23.7 Å². The fourth-order valence-corrected chi connectivity index (χ4v) is 4.00. The van der Waals surface area contributed by atoms with Gasteiger partial charge in [0.25, 0.3) is 0 Å².